The third kappa shape index (κ3) is 25.9. The summed E-state index contributed by atoms with van der Waals surface area (Å²) >= 11 is 0. The van der Waals surface area contributed by atoms with Gasteiger partial charge in [0.15, 0.2) is 0 Å². The number of hydrogen-bond acceptors (Lipinski definition) is 2. The van der Waals surface area contributed by atoms with E-state index in [1.165, 1.54) is 70.6 Å². The molecule has 0 aromatic rings. The standard InChI is InChI=1S/C16H32O.CH2O2/c1-2-3-4-5-6-7-8-9-10-11-12-13-14-15-16-17;2-1-3/h5-6,17H,2-4,7-16H2,1H3;1H,(H,2,3). The summed E-state index contributed by atoms with van der Waals surface area (Å²) in [7, 11) is 0. The van der Waals surface area contributed by atoms with Crippen LogP contribution in [0.5, 0.6) is 0 Å². The van der Waals surface area contributed by atoms with E-state index >= 15 is 0 Å². The molecule has 3 nitrogen and oxygen atoms in total. The molecular weight excluding hydrogens is 252 g/mol. The van der Waals surface area contributed by atoms with Crippen molar-refractivity contribution in [2.45, 2.75) is 84.0 Å². The second-order valence-corrected chi connectivity index (χ2v) is 5.06. The molecule has 0 rings (SSSR count). The number of allylic oxidation sites excluding steroid dienone is 2. The zero-order chi connectivity index (χ0) is 15.3. The molecular formula is C17H34O3. The first-order valence-corrected chi connectivity index (χ1v) is 8.17. The van der Waals surface area contributed by atoms with Gasteiger partial charge in [-0.3, -0.25) is 4.79 Å². The van der Waals surface area contributed by atoms with E-state index in [1.54, 1.807) is 0 Å². The highest BCUT2D eigenvalue weighted by atomic mass is 16.3. The highest BCUT2D eigenvalue weighted by molar-refractivity contribution is 5.32. The summed E-state index contributed by atoms with van der Waals surface area (Å²) in [4.78, 5) is 8.36. The molecule has 0 aromatic heterocycles. The smallest absolute Gasteiger partial charge is 0.290 e. The lowest BCUT2D eigenvalue weighted by atomic mass is 10.1. The molecule has 0 amide bonds. The van der Waals surface area contributed by atoms with Crippen LogP contribution in [-0.2, 0) is 4.79 Å². The molecule has 20 heavy (non-hydrogen) atoms. The van der Waals surface area contributed by atoms with Gasteiger partial charge in [0, 0.05) is 6.61 Å². The Morgan fingerprint density at radius 2 is 1.15 bits per heavy atom. The van der Waals surface area contributed by atoms with Crippen LogP contribution in [0, 0.1) is 0 Å². The Bertz CT molecular complexity index is 191. The van der Waals surface area contributed by atoms with E-state index in [0.29, 0.717) is 6.61 Å². The topological polar surface area (TPSA) is 57.5 Å². The number of aliphatic hydroxyl groups excluding tert-OH is 1. The summed E-state index contributed by atoms with van der Waals surface area (Å²) in [6.07, 6.45) is 20.3. The summed E-state index contributed by atoms with van der Waals surface area (Å²) in [5.74, 6) is 0. The number of unbranched alkanes of at least 4 members (excludes halogenated alkanes) is 10. The minimum atomic E-state index is -0.250. The second-order valence-electron chi connectivity index (χ2n) is 5.06. The van der Waals surface area contributed by atoms with Gasteiger partial charge in [-0.15, -0.1) is 0 Å². The third-order valence-corrected chi connectivity index (χ3v) is 3.17. The largest absolute Gasteiger partial charge is 0.483 e. The molecule has 0 aliphatic rings. The van der Waals surface area contributed by atoms with E-state index in [0.717, 1.165) is 6.42 Å². The summed E-state index contributed by atoms with van der Waals surface area (Å²) in [5, 5.41) is 15.5. The molecule has 0 bridgehead atoms. The highest BCUT2D eigenvalue weighted by Gasteiger charge is 1.91. The van der Waals surface area contributed by atoms with E-state index < -0.39 is 0 Å². The van der Waals surface area contributed by atoms with E-state index in [2.05, 4.69) is 19.1 Å². The van der Waals surface area contributed by atoms with Gasteiger partial charge in [-0.2, -0.15) is 0 Å². The van der Waals surface area contributed by atoms with Gasteiger partial charge in [0.05, 0.1) is 0 Å². The summed E-state index contributed by atoms with van der Waals surface area (Å²) in [6.45, 7) is 2.36. The molecule has 2 N–H and O–H groups in total. The maximum Gasteiger partial charge on any atom is 0.290 e. The van der Waals surface area contributed by atoms with Gasteiger partial charge in [0.25, 0.3) is 6.47 Å². The van der Waals surface area contributed by atoms with E-state index in [1.807, 2.05) is 0 Å². The zero-order valence-electron chi connectivity index (χ0n) is 13.2. The van der Waals surface area contributed by atoms with Gasteiger partial charge in [0.1, 0.15) is 0 Å². The summed E-state index contributed by atoms with van der Waals surface area (Å²) < 4.78 is 0. The van der Waals surface area contributed by atoms with Crippen molar-refractivity contribution in [1.29, 1.82) is 0 Å². The van der Waals surface area contributed by atoms with Gasteiger partial charge in [0.2, 0.25) is 0 Å². The van der Waals surface area contributed by atoms with Crippen LogP contribution in [0.15, 0.2) is 12.2 Å². The molecule has 0 atom stereocenters. The Hall–Kier alpha value is -0.830. The molecule has 0 spiro atoms. The lowest BCUT2D eigenvalue weighted by Gasteiger charge is -2.00. The SMILES string of the molecule is CCCCC=CCCCCCCCCCCO.O=CO. The quantitative estimate of drug-likeness (QED) is 0.286. The Morgan fingerprint density at radius 3 is 1.60 bits per heavy atom. The van der Waals surface area contributed by atoms with Gasteiger partial charge < -0.3 is 10.2 Å². The van der Waals surface area contributed by atoms with Crippen LogP contribution < -0.4 is 0 Å². The first kappa shape index (κ1) is 21.5. The van der Waals surface area contributed by atoms with Crippen LogP contribution in [-0.4, -0.2) is 23.3 Å². The average molecular weight is 286 g/mol. The Kier molecular flexibility index (Phi) is 25.0. The van der Waals surface area contributed by atoms with Crippen molar-refractivity contribution >= 4 is 6.47 Å². The third-order valence-electron chi connectivity index (χ3n) is 3.17. The number of rotatable bonds is 13. The minimum absolute atomic E-state index is 0.250. The lowest BCUT2D eigenvalue weighted by molar-refractivity contribution is -0.122. The van der Waals surface area contributed by atoms with Crippen molar-refractivity contribution in [3.05, 3.63) is 12.2 Å². The van der Waals surface area contributed by atoms with Crippen LogP contribution in [0.3, 0.4) is 0 Å². The van der Waals surface area contributed by atoms with Crippen LogP contribution in [0.1, 0.15) is 84.0 Å². The summed E-state index contributed by atoms with van der Waals surface area (Å²) in [6, 6.07) is 0. The minimum Gasteiger partial charge on any atom is -0.483 e. The molecule has 0 aromatic carbocycles. The monoisotopic (exact) mass is 286 g/mol. The van der Waals surface area contributed by atoms with Gasteiger partial charge in [-0.1, -0.05) is 70.4 Å². The van der Waals surface area contributed by atoms with Crippen LogP contribution >= 0.6 is 0 Å². The highest BCUT2D eigenvalue weighted by Crippen LogP contribution is 2.10. The lowest BCUT2D eigenvalue weighted by Crippen LogP contribution is -1.84. The van der Waals surface area contributed by atoms with Gasteiger partial charge >= 0.3 is 0 Å². The van der Waals surface area contributed by atoms with Crippen molar-refractivity contribution in [2.24, 2.45) is 0 Å². The summed E-state index contributed by atoms with van der Waals surface area (Å²) in [5.41, 5.74) is 0. The predicted octanol–water partition coefficient (Wildman–Crippen LogP) is 4.94. The van der Waals surface area contributed by atoms with E-state index in [4.69, 9.17) is 15.0 Å². The molecule has 3 heteroatoms. The van der Waals surface area contributed by atoms with Crippen LogP contribution in [0.4, 0.5) is 0 Å². The molecule has 0 fully saturated rings. The maximum absolute atomic E-state index is 8.64. The first-order valence-electron chi connectivity index (χ1n) is 8.17. The molecule has 0 saturated carbocycles. The normalized spacial score (nSPS) is 10.3. The fourth-order valence-electron chi connectivity index (χ4n) is 1.99. The van der Waals surface area contributed by atoms with Crippen molar-refractivity contribution in [1.82, 2.24) is 0 Å². The second kappa shape index (κ2) is 23.3. The Labute approximate surface area is 125 Å². The number of aliphatic hydroxyl groups is 1. The number of hydrogen-bond donors (Lipinski definition) is 2. The van der Waals surface area contributed by atoms with Crippen LogP contribution in [0.2, 0.25) is 0 Å². The molecule has 120 valence electrons. The first-order chi connectivity index (χ1) is 9.83. The Balaban J connectivity index is 0. The molecule has 0 radical (unpaired) electrons. The van der Waals surface area contributed by atoms with Gasteiger partial charge in [-0.25, -0.2) is 0 Å². The molecule has 0 saturated heterocycles. The van der Waals surface area contributed by atoms with E-state index in [-0.39, 0.29) is 6.47 Å². The van der Waals surface area contributed by atoms with Crippen molar-refractivity contribution in [2.75, 3.05) is 6.61 Å². The van der Waals surface area contributed by atoms with E-state index in [9.17, 15) is 0 Å². The number of carbonyl (C=O) groups is 1. The van der Waals surface area contributed by atoms with Crippen molar-refractivity contribution in [3.8, 4) is 0 Å². The predicted molar refractivity (Wildman–Crippen MR) is 86.0 cm³/mol. The fourth-order valence-corrected chi connectivity index (χ4v) is 1.99. The molecule has 0 aliphatic heterocycles. The van der Waals surface area contributed by atoms with Crippen molar-refractivity contribution < 1.29 is 15.0 Å². The Morgan fingerprint density at radius 1 is 0.750 bits per heavy atom. The molecule has 0 aliphatic carbocycles. The maximum atomic E-state index is 8.64. The van der Waals surface area contributed by atoms with Crippen molar-refractivity contribution in [3.63, 3.8) is 0 Å². The average Bonchev–Trinajstić information content (AvgIpc) is 2.45. The van der Waals surface area contributed by atoms with Crippen LogP contribution in [0.25, 0.3) is 0 Å². The van der Waals surface area contributed by atoms with Gasteiger partial charge in [-0.05, 0) is 25.7 Å². The fraction of sp³-hybridized carbons (Fsp3) is 0.824. The zero-order valence-corrected chi connectivity index (χ0v) is 13.2. The number of carboxylic acid groups (broad SMARTS) is 1. The molecule has 0 unspecified atom stereocenters. The molecule has 0 heterocycles.